The van der Waals surface area contributed by atoms with Crippen molar-refractivity contribution in [1.29, 1.82) is 0 Å². The van der Waals surface area contributed by atoms with Gasteiger partial charge in [0.15, 0.2) is 5.03 Å². The van der Waals surface area contributed by atoms with E-state index in [1.54, 1.807) is 11.5 Å². The average molecular weight is 328 g/mol. The summed E-state index contributed by atoms with van der Waals surface area (Å²) in [5.41, 5.74) is -0.841. The van der Waals surface area contributed by atoms with Crippen LogP contribution >= 0.6 is 23.2 Å². The molecular formula is C11H19Cl2N3O2S. The maximum Gasteiger partial charge on any atom is 0.260 e. The van der Waals surface area contributed by atoms with Crippen LogP contribution in [0.2, 0.25) is 0 Å². The normalized spacial score (nSPS) is 12.9. The first-order chi connectivity index (χ1) is 8.84. The third-order valence-corrected chi connectivity index (χ3v) is 5.58. The standard InChI is InChI=1S/C11H19Cl2N3O2S/c1-4-11(7-12,8-13)15-19(17,18)10-6-16(5-2)9(3)14-10/h6,15H,4-5,7-8H2,1-3H3. The zero-order chi connectivity index (χ0) is 14.7. The topological polar surface area (TPSA) is 64.0 Å². The predicted octanol–water partition coefficient (Wildman–Crippen LogP) is 2.12. The number of hydrogen-bond donors (Lipinski definition) is 1. The summed E-state index contributed by atoms with van der Waals surface area (Å²) in [5.74, 6) is 0.876. The Morgan fingerprint density at radius 3 is 2.32 bits per heavy atom. The van der Waals surface area contributed by atoms with Crippen LogP contribution in [-0.4, -0.2) is 35.3 Å². The molecule has 0 saturated heterocycles. The Hall–Kier alpha value is -0.300. The summed E-state index contributed by atoms with van der Waals surface area (Å²) in [6.07, 6.45) is 2.02. The third kappa shape index (κ3) is 3.62. The Morgan fingerprint density at radius 2 is 1.95 bits per heavy atom. The van der Waals surface area contributed by atoms with Crippen molar-refractivity contribution >= 4 is 33.2 Å². The van der Waals surface area contributed by atoms with E-state index in [1.165, 1.54) is 6.20 Å². The fourth-order valence-electron chi connectivity index (χ4n) is 1.62. The number of alkyl halides is 2. The van der Waals surface area contributed by atoms with E-state index < -0.39 is 15.6 Å². The lowest BCUT2D eigenvalue weighted by atomic mass is 10.0. The quantitative estimate of drug-likeness (QED) is 0.780. The predicted molar refractivity (Wildman–Crippen MR) is 77.4 cm³/mol. The van der Waals surface area contributed by atoms with Gasteiger partial charge in [0.1, 0.15) is 5.82 Å². The fourth-order valence-corrected chi connectivity index (χ4v) is 4.05. The summed E-state index contributed by atoms with van der Waals surface area (Å²) >= 11 is 11.7. The van der Waals surface area contributed by atoms with Crippen molar-refractivity contribution < 1.29 is 8.42 Å². The van der Waals surface area contributed by atoms with Crippen molar-refractivity contribution in [2.24, 2.45) is 0 Å². The van der Waals surface area contributed by atoms with Crippen LogP contribution in [0, 0.1) is 6.92 Å². The Labute approximate surface area is 124 Å². The van der Waals surface area contributed by atoms with Crippen molar-refractivity contribution in [3.8, 4) is 0 Å². The molecule has 0 aliphatic heterocycles. The number of nitrogens with zero attached hydrogens (tertiary/aromatic N) is 2. The Morgan fingerprint density at radius 1 is 1.37 bits per heavy atom. The molecule has 0 amide bonds. The molecule has 0 radical (unpaired) electrons. The molecule has 1 aromatic heterocycles. The highest BCUT2D eigenvalue weighted by atomic mass is 35.5. The average Bonchev–Trinajstić information content (AvgIpc) is 2.78. The molecular weight excluding hydrogens is 309 g/mol. The van der Waals surface area contributed by atoms with Gasteiger partial charge in [0.25, 0.3) is 10.0 Å². The van der Waals surface area contributed by atoms with Crippen LogP contribution in [0.15, 0.2) is 11.2 Å². The molecule has 1 N–H and O–H groups in total. The first-order valence-electron chi connectivity index (χ1n) is 6.03. The number of nitrogens with one attached hydrogen (secondary N) is 1. The van der Waals surface area contributed by atoms with Gasteiger partial charge in [-0.3, -0.25) is 0 Å². The lowest BCUT2D eigenvalue weighted by Crippen LogP contribution is -2.51. The maximum atomic E-state index is 12.3. The molecule has 8 heteroatoms. The minimum absolute atomic E-state index is 0.0000849. The summed E-state index contributed by atoms with van der Waals surface area (Å²) < 4.78 is 28.9. The maximum absolute atomic E-state index is 12.3. The zero-order valence-electron chi connectivity index (χ0n) is 11.3. The Bertz CT molecular complexity index is 516. The van der Waals surface area contributed by atoms with Crippen LogP contribution in [-0.2, 0) is 16.6 Å². The summed E-state index contributed by atoms with van der Waals surface area (Å²) in [5, 5.41) is -0.0000849. The largest absolute Gasteiger partial charge is 0.334 e. The fraction of sp³-hybridized carbons (Fsp3) is 0.727. The van der Waals surface area contributed by atoms with Crippen molar-refractivity contribution in [3.05, 3.63) is 12.0 Å². The van der Waals surface area contributed by atoms with Gasteiger partial charge >= 0.3 is 0 Å². The van der Waals surface area contributed by atoms with Gasteiger partial charge in [-0.25, -0.2) is 18.1 Å². The van der Waals surface area contributed by atoms with Crippen LogP contribution in [0.25, 0.3) is 0 Å². The summed E-state index contributed by atoms with van der Waals surface area (Å²) in [6.45, 7) is 6.19. The Kier molecular flexibility index (Phi) is 5.67. The highest BCUT2D eigenvalue weighted by Crippen LogP contribution is 2.19. The first-order valence-corrected chi connectivity index (χ1v) is 8.59. The van der Waals surface area contributed by atoms with E-state index in [0.29, 0.717) is 18.8 Å². The second-order valence-electron chi connectivity index (χ2n) is 4.42. The number of imidazole rings is 1. The molecule has 0 spiro atoms. The minimum Gasteiger partial charge on any atom is -0.334 e. The second kappa shape index (κ2) is 6.43. The van der Waals surface area contributed by atoms with E-state index in [0.717, 1.165) is 0 Å². The lowest BCUT2D eigenvalue weighted by molar-refractivity contribution is 0.448. The van der Waals surface area contributed by atoms with Crippen LogP contribution in [0.4, 0.5) is 0 Å². The minimum atomic E-state index is -3.72. The molecule has 19 heavy (non-hydrogen) atoms. The number of hydrogen-bond acceptors (Lipinski definition) is 3. The van der Waals surface area contributed by atoms with E-state index in [2.05, 4.69) is 9.71 Å². The third-order valence-electron chi connectivity index (χ3n) is 3.11. The van der Waals surface area contributed by atoms with E-state index in [1.807, 2.05) is 13.8 Å². The van der Waals surface area contributed by atoms with Gasteiger partial charge in [-0.05, 0) is 20.3 Å². The molecule has 110 valence electrons. The van der Waals surface area contributed by atoms with Gasteiger partial charge in [0.05, 0.1) is 5.54 Å². The Balaban J connectivity index is 3.10. The lowest BCUT2D eigenvalue weighted by Gasteiger charge is -2.28. The SMILES string of the molecule is CCn1cc(S(=O)(=O)NC(CC)(CCl)CCl)nc1C. The van der Waals surface area contributed by atoms with Crippen molar-refractivity contribution in [2.75, 3.05) is 11.8 Å². The van der Waals surface area contributed by atoms with E-state index in [-0.39, 0.29) is 16.8 Å². The van der Waals surface area contributed by atoms with Crippen molar-refractivity contribution in [1.82, 2.24) is 14.3 Å². The first kappa shape index (κ1) is 16.8. The molecule has 0 aliphatic rings. The second-order valence-corrected chi connectivity index (χ2v) is 6.58. The molecule has 0 saturated carbocycles. The smallest absolute Gasteiger partial charge is 0.260 e. The molecule has 1 heterocycles. The summed E-state index contributed by atoms with van der Waals surface area (Å²) in [6, 6.07) is 0. The van der Waals surface area contributed by atoms with Gasteiger partial charge in [0, 0.05) is 24.5 Å². The molecule has 1 aromatic rings. The number of aryl methyl sites for hydroxylation is 2. The van der Waals surface area contributed by atoms with Gasteiger partial charge in [-0.15, -0.1) is 23.2 Å². The van der Waals surface area contributed by atoms with E-state index in [9.17, 15) is 8.42 Å². The number of aromatic nitrogens is 2. The highest BCUT2D eigenvalue weighted by molar-refractivity contribution is 7.89. The van der Waals surface area contributed by atoms with Crippen molar-refractivity contribution in [3.63, 3.8) is 0 Å². The molecule has 5 nitrogen and oxygen atoms in total. The molecule has 1 rings (SSSR count). The number of rotatable bonds is 7. The van der Waals surface area contributed by atoms with E-state index >= 15 is 0 Å². The zero-order valence-corrected chi connectivity index (χ0v) is 13.6. The monoisotopic (exact) mass is 327 g/mol. The number of halogens is 2. The van der Waals surface area contributed by atoms with Gasteiger partial charge in [0.2, 0.25) is 0 Å². The van der Waals surface area contributed by atoms with Gasteiger partial charge < -0.3 is 4.57 Å². The van der Waals surface area contributed by atoms with Gasteiger partial charge in [-0.1, -0.05) is 6.92 Å². The van der Waals surface area contributed by atoms with E-state index in [4.69, 9.17) is 23.2 Å². The van der Waals surface area contributed by atoms with Crippen LogP contribution in [0.1, 0.15) is 26.1 Å². The number of sulfonamides is 1. The molecule has 0 bridgehead atoms. The molecule has 0 atom stereocenters. The molecule has 0 fully saturated rings. The molecule has 0 unspecified atom stereocenters. The highest BCUT2D eigenvalue weighted by Gasteiger charge is 2.33. The summed E-state index contributed by atoms with van der Waals surface area (Å²) in [7, 11) is -3.72. The molecule has 0 aromatic carbocycles. The van der Waals surface area contributed by atoms with Crippen LogP contribution < -0.4 is 4.72 Å². The van der Waals surface area contributed by atoms with Crippen molar-refractivity contribution in [2.45, 2.75) is 44.3 Å². The molecule has 0 aliphatic carbocycles. The summed E-state index contributed by atoms with van der Waals surface area (Å²) in [4.78, 5) is 4.07. The van der Waals surface area contributed by atoms with Gasteiger partial charge in [-0.2, -0.15) is 0 Å². The van der Waals surface area contributed by atoms with Crippen LogP contribution in [0.3, 0.4) is 0 Å². The van der Waals surface area contributed by atoms with Crippen LogP contribution in [0.5, 0.6) is 0 Å².